The van der Waals surface area contributed by atoms with E-state index in [4.69, 9.17) is 19.9 Å². The van der Waals surface area contributed by atoms with Gasteiger partial charge < -0.3 is 25.1 Å². The second kappa shape index (κ2) is 14.0. The van der Waals surface area contributed by atoms with Crippen LogP contribution in [0.5, 0.6) is 11.5 Å². The normalized spacial score (nSPS) is 11.7. The summed E-state index contributed by atoms with van der Waals surface area (Å²) >= 11 is 0. The lowest BCUT2D eigenvalue weighted by atomic mass is 9.92. The molecule has 0 aromatic heterocycles. The lowest BCUT2D eigenvalue weighted by Gasteiger charge is -2.18. The van der Waals surface area contributed by atoms with Crippen molar-refractivity contribution in [1.29, 1.82) is 0 Å². The monoisotopic (exact) mass is 515 g/mol. The van der Waals surface area contributed by atoms with Gasteiger partial charge >= 0.3 is 11.9 Å². The fourth-order valence-corrected chi connectivity index (χ4v) is 3.58. The molecule has 3 N–H and O–H groups in total. The molecule has 0 unspecified atom stereocenters. The van der Waals surface area contributed by atoms with Gasteiger partial charge in [-0.2, -0.15) is 0 Å². The molecule has 38 heavy (non-hydrogen) atoms. The molecule has 0 fully saturated rings. The Morgan fingerprint density at radius 2 is 1.47 bits per heavy atom. The summed E-state index contributed by atoms with van der Waals surface area (Å²) in [7, 11) is 0. The van der Waals surface area contributed by atoms with Gasteiger partial charge in [-0.15, -0.1) is 0 Å². The molecule has 0 aliphatic carbocycles. The maximum Gasteiger partial charge on any atom is 0.314 e. The van der Waals surface area contributed by atoms with Crippen LogP contribution in [0.1, 0.15) is 23.1 Å². The number of esters is 2. The van der Waals surface area contributed by atoms with Crippen molar-refractivity contribution in [3.05, 3.63) is 114 Å². The van der Waals surface area contributed by atoms with E-state index in [1.165, 1.54) is 24.3 Å². The third kappa shape index (κ3) is 8.09. The molecule has 8 heteroatoms. The minimum absolute atomic E-state index is 0.00677. The van der Waals surface area contributed by atoms with Gasteiger partial charge in [-0.1, -0.05) is 85.5 Å². The maximum atomic E-state index is 13.2. The first-order valence-electron chi connectivity index (χ1n) is 11.9. The Balaban J connectivity index is 1.91. The molecule has 3 aromatic carbocycles. The number of carbonyl (C=O) groups excluding carboxylic acids is 3. The zero-order valence-corrected chi connectivity index (χ0v) is 20.7. The van der Waals surface area contributed by atoms with E-state index in [1.807, 2.05) is 24.3 Å². The summed E-state index contributed by atoms with van der Waals surface area (Å²) in [5.74, 6) is -3.98. The number of primary amides is 1. The Kier molecular flexibility index (Phi) is 10.2. The van der Waals surface area contributed by atoms with E-state index in [1.54, 1.807) is 42.5 Å². The first-order chi connectivity index (χ1) is 18.4. The first-order valence-corrected chi connectivity index (χ1v) is 11.9. The van der Waals surface area contributed by atoms with E-state index in [2.05, 4.69) is 6.58 Å². The predicted octanol–water partition coefficient (Wildman–Crippen LogP) is 4.32. The third-order valence-corrected chi connectivity index (χ3v) is 5.46. The summed E-state index contributed by atoms with van der Waals surface area (Å²) in [5, 5.41) is 10.3. The molecule has 0 aliphatic heterocycles. The van der Waals surface area contributed by atoms with Gasteiger partial charge in [0.2, 0.25) is 5.91 Å². The van der Waals surface area contributed by atoms with Crippen molar-refractivity contribution in [2.24, 2.45) is 11.7 Å². The smallest absolute Gasteiger partial charge is 0.314 e. The van der Waals surface area contributed by atoms with Gasteiger partial charge in [0.15, 0.2) is 11.5 Å². The van der Waals surface area contributed by atoms with Crippen molar-refractivity contribution in [3.8, 4) is 11.5 Å². The minimum atomic E-state index is -1.37. The highest BCUT2D eigenvalue weighted by atomic mass is 16.5. The molecule has 0 aliphatic rings. The molecule has 3 rings (SSSR count). The molecule has 0 bridgehead atoms. The van der Waals surface area contributed by atoms with Crippen LogP contribution in [0.25, 0.3) is 6.08 Å². The van der Waals surface area contributed by atoms with Gasteiger partial charge in [0.1, 0.15) is 19.8 Å². The fourth-order valence-electron chi connectivity index (χ4n) is 3.58. The topological polar surface area (TPSA) is 125 Å². The van der Waals surface area contributed by atoms with Crippen LogP contribution < -0.4 is 10.5 Å². The second-order valence-electron chi connectivity index (χ2n) is 8.26. The highest BCUT2D eigenvalue weighted by Gasteiger charge is 2.32. The van der Waals surface area contributed by atoms with Crippen LogP contribution in [0.3, 0.4) is 0 Å². The van der Waals surface area contributed by atoms with Crippen molar-refractivity contribution in [2.75, 3.05) is 6.61 Å². The van der Waals surface area contributed by atoms with Gasteiger partial charge in [0.05, 0.1) is 12.3 Å². The number of phenols is 1. The summed E-state index contributed by atoms with van der Waals surface area (Å²) in [4.78, 5) is 38.5. The first kappa shape index (κ1) is 27.7. The van der Waals surface area contributed by atoms with E-state index in [-0.39, 0.29) is 42.5 Å². The number of phenolic OH excluding ortho intramolecular Hbond substituents is 1. The van der Waals surface area contributed by atoms with Gasteiger partial charge in [-0.25, -0.2) is 0 Å². The fraction of sp³-hybridized carbons (Fsp3) is 0.167. The summed E-state index contributed by atoms with van der Waals surface area (Å²) in [6, 6.07) is 22.5. The number of rotatable bonds is 13. The molecule has 0 spiro atoms. The van der Waals surface area contributed by atoms with Gasteiger partial charge in [0.25, 0.3) is 0 Å². The Labute approximate surface area is 221 Å². The van der Waals surface area contributed by atoms with Crippen molar-refractivity contribution < 1.29 is 33.7 Å². The number of aromatic hydroxyl groups is 1. The van der Waals surface area contributed by atoms with Gasteiger partial charge in [-0.3, -0.25) is 14.4 Å². The van der Waals surface area contributed by atoms with E-state index >= 15 is 0 Å². The SMILES string of the molecule is C=CCOc1c(O)cccc1/C=C(/C(N)=O)[C@H](CC(=O)OCc1ccccc1)C(=O)OCc1ccccc1. The highest BCUT2D eigenvalue weighted by molar-refractivity contribution is 6.03. The third-order valence-electron chi connectivity index (χ3n) is 5.46. The average Bonchev–Trinajstić information content (AvgIpc) is 2.93. The Bertz CT molecular complexity index is 1290. The molecule has 8 nitrogen and oxygen atoms in total. The number of amides is 1. The summed E-state index contributed by atoms with van der Waals surface area (Å²) in [5.41, 5.74) is 7.24. The van der Waals surface area contributed by atoms with Crippen LogP contribution >= 0.6 is 0 Å². The van der Waals surface area contributed by atoms with Crippen molar-refractivity contribution in [3.63, 3.8) is 0 Å². The minimum Gasteiger partial charge on any atom is -0.504 e. The van der Waals surface area contributed by atoms with Crippen LogP contribution in [0.15, 0.2) is 97.1 Å². The van der Waals surface area contributed by atoms with Crippen LogP contribution in [0.2, 0.25) is 0 Å². The number of ether oxygens (including phenoxy) is 3. The zero-order chi connectivity index (χ0) is 27.3. The number of hydrogen-bond acceptors (Lipinski definition) is 7. The lowest BCUT2D eigenvalue weighted by molar-refractivity contribution is -0.155. The maximum absolute atomic E-state index is 13.2. The molecule has 0 saturated heterocycles. The Morgan fingerprint density at radius 1 is 0.868 bits per heavy atom. The number of nitrogens with two attached hydrogens (primary N) is 1. The van der Waals surface area contributed by atoms with Gasteiger partial charge in [-0.05, 0) is 23.3 Å². The van der Waals surface area contributed by atoms with E-state index in [0.29, 0.717) is 0 Å². The van der Waals surface area contributed by atoms with Crippen LogP contribution in [0.4, 0.5) is 0 Å². The largest absolute Gasteiger partial charge is 0.504 e. The number of carbonyl (C=O) groups is 3. The summed E-state index contributed by atoms with van der Waals surface area (Å²) < 4.78 is 16.3. The van der Waals surface area contributed by atoms with Gasteiger partial charge in [0, 0.05) is 11.1 Å². The number of para-hydroxylation sites is 1. The van der Waals surface area contributed by atoms with E-state index in [9.17, 15) is 19.5 Å². The summed E-state index contributed by atoms with van der Waals surface area (Å²) in [6.07, 6.45) is 2.30. The number of hydrogen-bond donors (Lipinski definition) is 2. The van der Waals surface area contributed by atoms with Crippen molar-refractivity contribution >= 4 is 23.9 Å². The molecule has 0 radical (unpaired) electrons. The van der Waals surface area contributed by atoms with Crippen LogP contribution in [0, 0.1) is 5.92 Å². The average molecular weight is 516 g/mol. The highest BCUT2D eigenvalue weighted by Crippen LogP contribution is 2.33. The quantitative estimate of drug-likeness (QED) is 0.197. The lowest BCUT2D eigenvalue weighted by Crippen LogP contribution is -2.30. The molecule has 3 aromatic rings. The molecule has 0 heterocycles. The standard InChI is InChI=1S/C30H29NO7/c1-2-16-36-28-23(14-9-15-26(28)32)17-24(29(31)34)25(30(35)38-20-22-12-7-4-8-13-22)18-27(33)37-19-21-10-5-3-6-11-21/h2-15,17,25,32H,1,16,18-20H2,(H2,31,34)/b24-17+/t25-/m0/s1. The Morgan fingerprint density at radius 3 is 2.05 bits per heavy atom. The van der Waals surface area contributed by atoms with Crippen molar-refractivity contribution in [1.82, 2.24) is 0 Å². The molecule has 1 atom stereocenters. The van der Waals surface area contributed by atoms with E-state index in [0.717, 1.165) is 11.1 Å². The van der Waals surface area contributed by atoms with E-state index < -0.39 is 30.2 Å². The molecule has 196 valence electrons. The number of benzene rings is 3. The summed E-state index contributed by atoms with van der Waals surface area (Å²) in [6.45, 7) is 3.59. The van der Waals surface area contributed by atoms with Crippen LogP contribution in [-0.4, -0.2) is 29.6 Å². The Hall–Kier alpha value is -4.85. The molecular formula is C30H29NO7. The molecule has 0 saturated carbocycles. The van der Waals surface area contributed by atoms with Crippen molar-refractivity contribution in [2.45, 2.75) is 19.6 Å². The molecule has 1 amide bonds. The predicted molar refractivity (Wildman–Crippen MR) is 142 cm³/mol. The molecular weight excluding hydrogens is 486 g/mol. The van der Waals surface area contributed by atoms with Crippen LogP contribution in [-0.2, 0) is 37.1 Å². The zero-order valence-electron chi connectivity index (χ0n) is 20.7. The second-order valence-corrected chi connectivity index (χ2v) is 8.26.